The van der Waals surface area contributed by atoms with Gasteiger partial charge in [-0.25, -0.2) is 4.39 Å². The maximum absolute atomic E-state index is 13.7. The Hall–Kier alpha value is -2.83. The molecule has 7 nitrogen and oxygen atoms in total. The lowest BCUT2D eigenvalue weighted by molar-refractivity contribution is -0.129. The number of aliphatic hydroxyl groups is 1. The quantitative estimate of drug-likeness (QED) is 0.439. The van der Waals surface area contributed by atoms with E-state index in [2.05, 4.69) is 21.2 Å². The Bertz CT molecular complexity index is 1220. The van der Waals surface area contributed by atoms with Crippen molar-refractivity contribution in [3.8, 4) is 6.07 Å². The highest BCUT2D eigenvalue weighted by molar-refractivity contribution is 5.79. The topological polar surface area (TPSA) is 82.8 Å². The summed E-state index contributed by atoms with van der Waals surface area (Å²) in [6, 6.07) is 13.8. The molecule has 2 N–H and O–H groups in total. The number of amides is 1. The van der Waals surface area contributed by atoms with Crippen molar-refractivity contribution in [2.75, 3.05) is 59.5 Å². The molecule has 2 heterocycles. The van der Waals surface area contributed by atoms with Crippen LogP contribution in [-0.2, 0) is 24.1 Å². The van der Waals surface area contributed by atoms with E-state index in [9.17, 15) is 19.6 Å². The zero-order valence-electron chi connectivity index (χ0n) is 24.3. The van der Waals surface area contributed by atoms with Crippen LogP contribution in [-0.4, -0.2) is 97.3 Å². The normalized spacial score (nSPS) is 20.6. The number of hydrogen-bond acceptors (Lipinski definition) is 6. The molecule has 41 heavy (non-hydrogen) atoms. The molecule has 0 saturated carbocycles. The van der Waals surface area contributed by atoms with E-state index in [1.54, 1.807) is 0 Å². The number of aryl methyl sites for hydroxylation is 1. The summed E-state index contributed by atoms with van der Waals surface area (Å²) in [6.45, 7) is 6.71. The number of piperazine rings is 1. The monoisotopic (exact) mass is 561 g/mol. The van der Waals surface area contributed by atoms with Gasteiger partial charge in [0.25, 0.3) is 0 Å². The zero-order chi connectivity index (χ0) is 28.8. The lowest BCUT2D eigenvalue weighted by Gasteiger charge is -2.50. The molecule has 2 fully saturated rings. The van der Waals surface area contributed by atoms with Crippen LogP contribution in [0.15, 0.2) is 36.4 Å². The number of likely N-dealkylation sites (tertiary alicyclic amines) is 1. The van der Waals surface area contributed by atoms with Gasteiger partial charge in [-0.05, 0) is 91.6 Å². The molecule has 5 rings (SSSR count). The van der Waals surface area contributed by atoms with Crippen molar-refractivity contribution in [1.82, 2.24) is 20.0 Å². The lowest BCUT2D eigenvalue weighted by atomic mass is 9.85. The lowest BCUT2D eigenvalue weighted by Crippen LogP contribution is -2.66. The molecule has 0 aromatic heterocycles. The number of benzene rings is 2. The van der Waals surface area contributed by atoms with Crippen LogP contribution < -0.4 is 5.32 Å². The van der Waals surface area contributed by atoms with E-state index >= 15 is 0 Å². The van der Waals surface area contributed by atoms with Crippen LogP contribution in [0.2, 0.25) is 0 Å². The van der Waals surface area contributed by atoms with Crippen molar-refractivity contribution in [3.05, 3.63) is 70.0 Å². The standard InChI is InChI=1S/C33H44FN5O2/c1-37(33(41)18-28-17-24(19-35)16-26-4-2-3-5-32(26)28)21-27(25-6-8-29(34)9-7-25)10-13-38-22-31(23-38)39-14-12-36-20-30(39)11-15-40/h6-9,16-17,27,30-31,36,40H,2-5,10-15,18,20-23H2,1H3/t27-,30?/m1/s1. The van der Waals surface area contributed by atoms with Gasteiger partial charge in [0.1, 0.15) is 5.82 Å². The second-order valence-electron chi connectivity index (χ2n) is 12.1. The molecular weight excluding hydrogens is 517 g/mol. The molecule has 0 radical (unpaired) electrons. The Morgan fingerprint density at radius 3 is 2.76 bits per heavy atom. The van der Waals surface area contributed by atoms with Crippen LogP contribution in [0.4, 0.5) is 4.39 Å². The third kappa shape index (κ3) is 7.34. The van der Waals surface area contributed by atoms with Crippen LogP contribution in [0.1, 0.15) is 59.4 Å². The number of nitrogens with one attached hydrogen (secondary N) is 1. The fourth-order valence-electron chi connectivity index (χ4n) is 6.96. The first-order valence-electron chi connectivity index (χ1n) is 15.3. The highest BCUT2D eigenvalue weighted by Gasteiger charge is 2.36. The number of carbonyl (C=O) groups is 1. The minimum atomic E-state index is -0.252. The number of fused-ring (bicyclic) bond motifs is 1. The first-order chi connectivity index (χ1) is 19.9. The third-order valence-corrected chi connectivity index (χ3v) is 9.35. The molecule has 2 saturated heterocycles. The Balaban J connectivity index is 1.21. The maximum atomic E-state index is 13.7. The Kier molecular flexibility index (Phi) is 10.0. The highest BCUT2D eigenvalue weighted by Crippen LogP contribution is 2.28. The molecule has 2 aromatic carbocycles. The molecule has 220 valence electrons. The van der Waals surface area contributed by atoms with Crippen molar-refractivity contribution >= 4 is 5.91 Å². The van der Waals surface area contributed by atoms with E-state index in [1.807, 2.05) is 36.2 Å². The smallest absolute Gasteiger partial charge is 0.226 e. The second kappa shape index (κ2) is 13.9. The number of halogens is 1. The molecule has 2 aliphatic heterocycles. The van der Waals surface area contributed by atoms with Gasteiger partial charge in [0.15, 0.2) is 0 Å². The number of hydrogen-bond donors (Lipinski definition) is 2. The predicted molar refractivity (Wildman–Crippen MR) is 158 cm³/mol. The summed E-state index contributed by atoms with van der Waals surface area (Å²) in [7, 11) is 1.87. The largest absolute Gasteiger partial charge is 0.396 e. The van der Waals surface area contributed by atoms with E-state index in [-0.39, 0.29) is 24.2 Å². The SMILES string of the molecule is CN(C[C@@H](CCN1CC(N2CCNCC2CCO)C1)c1ccc(F)cc1)C(=O)Cc1cc(C#N)cc2c1CCCC2. The molecule has 1 unspecified atom stereocenters. The van der Waals surface area contributed by atoms with Crippen molar-refractivity contribution in [3.63, 3.8) is 0 Å². The first-order valence-corrected chi connectivity index (χ1v) is 15.3. The molecule has 2 aromatic rings. The second-order valence-corrected chi connectivity index (χ2v) is 12.1. The van der Waals surface area contributed by atoms with Crippen LogP contribution in [0, 0.1) is 17.1 Å². The molecule has 3 aliphatic rings. The van der Waals surface area contributed by atoms with Gasteiger partial charge < -0.3 is 20.2 Å². The minimum absolute atomic E-state index is 0.0534. The van der Waals surface area contributed by atoms with E-state index in [0.29, 0.717) is 30.6 Å². The zero-order valence-corrected chi connectivity index (χ0v) is 24.3. The average molecular weight is 562 g/mol. The maximum Gasteiger partial charge on any atom is 0.226 e. The summed E-state index contributed by atoms with van der Waals surface area (Å²) in [5.74, 6) is -0.0972. The number of aliphatic hydroxyl groups excluding tert-OH is 1. The number of rotatable bonds is 11. The fourth-order valence-corrected chi connectivity index (χ4v) is 6.96. The van der Waals surface area contributed by atoms with Gasteiger partial charge in [-0.1, -0.05) is 12.1 Å². The molecule has 8 heteroatoms. The third-order valence-electron chi connectivity index (χ3n) is 9.35. The van der Waals surface area contributed by atoms with Gasteiger partial charge in [0, 0.05) is 70.9 Å². The Labute approximate surface area is 243 Å². The van der Waals surface area contributed by atoms with Crippen LogP contribution in [0.5, 0.6) is 0 Å². The number of nitriles is 1. The summed E-state index contributed by atoms with van der Waals surface area (Å²) >= 11 is 0. The summed E-state index contributed by atoms with van der Waals surface area (Å²) in [5, 5.41) is 22.5. The molecule has 0 bridgehead atoms. The van der Waals surface area contributed by atoms with Crippen molar-refractivity contribution in [2.45, 2.75) is 62.9 Å². The van der Waals surface area contributed by atoms with Crippen LogP contribution in [0.3, 0.4) is 0 Å². The van der Waals surface area contributed by atoms with Gasteiger partial charge in [0.05, 0.1) is 18.1 Å². The number of carbonyl (C=O) groups excluding carboxylic acids is 1. The molecule has 1 amide bonds. The van der Waals surface area contributed by atoms with Gasteiger partial charge in [-0.3, -0.25) is 9.69 Å². The minimum Gasteiger partial charge on any atom is -0.396 e. The summed E-state index contributed by atoms with van der Waals surface area (Å²) in [4.78, 5) is 20.3. The Morgan fingerprint density at radius 1 is 1.22 bits per heavy atom. The summed E-state index contributed by atoms with van der Waals surface area (Å²) in [5.41, 5.74) is 5.16. The van der Waals surface area contributed by atoms with E-state index in [0.717, 1.165) is 88.9 Å². The van der Waals surface area contributed by atoms with E-state index in [4.69, 9.17) is 0 Å². The van der Waals surface area contributed by atoms with Crippen LogP contribution in [0.25, 0.3) is 0 Å². The summed E-state index contributed by atoms with van der Waals surface area (Å²) in [6.07, 6.45) is 6.19. The fraction of sp³-hybridized carbons (Fsp3) is 0.576. The first kappa shape index (κ1) is 29.7. The average Bonchev–Trinajstić information content (AvgIpc) is 2.96. The van der Waals surface area contributed by atoms with E-state index in [1.165, 1.54) is 23.3 Å². The predicted octanol–water partition coefficient (Wildman–Crippen LogP) is 3.09. The summed E-state index contributed by atoms with van der Waals surface area (Å²) < 4.78 is 13.7. The van der Waals surface area contributed by atoms with Crippen molar-refractivity contribution < 1.29 is 14.3 Å². The molecule has 1 aliphatic carbocycles. The number of likely N-dealkylation sites (N-methyl/N-ethyl adjacent to an activating group) is 1. The molecule has 0 spiro atoms. The Morgan fingerprint density at radius 2 is 2.00 bits per heavy atom. The van der Waals surface area contributed by atoms with Crippen molar-refractivity contribution in [2.24, 2.45) is 0 Å². The van der Waals surface area contributed by atoms with Gasteiger partial charge in [-0.2, -0.15) is 5.26 Å². The van der Waals surface area contributed by atoms with Crippen molar-refractivity contribution in [1.29, 1.82) is 5.26 Å². The molecular formula is C33H44FN5O2. The van der Waals surface area contributed by atoms with E-state index < -0.39 is 0 Å². The molecule has 2 atom stereocenters. The van der Waals surface area contributed by atoms with Gasteiger partial charge in [-0.15, -0.1) is 0 Å². The number of nitrogens with zero attached hydrogens (tertiary/aromatic N) is 4. The van der Waals surface area contributed by atoms with Crippen LogP contribution >= 0.6 is 0 Å². The highest BCUT2D eigenvalue weighted by atomic mass is 19.1. The van der Waals surface area contributed by atoms with Gasteiger partial charge >= 0.3 is 0 Å². The van der Waals surface area contributed by atoms with Gasteiger partial charge in [0.2, 0.25) is 5.91 Å².